The van der Waals surface area contributed by atoms with Crippen molar-refractivity contribution < 1.29 is 109 Å². The second kappa shape index (κ2) is 51.4. The van der Waals surface area contributed by atoms with E-state index in [0.717, 1.165) is 103 Å². The Bertz CT molecular complexity index is 4950. The van der Waals surface area contributed by atoms with Gasteiger partial charge in [-0.1, -0.05) is 108 Å². The van der Waals surface area contributed by atoms with Gasteiger partial charge in [-0.05, 0) is 196 Å². The first-order valence-electron chi connectivity index (χ1n) is 48.2. The number of hydrogen-bond acceptors (Lipinski definition) is 24. The number of nitrogens with two attached hydrogens (primary N) is 1. The molecule has 0 bridgehead atoms. The molecule has 135 heavy (non-hydrogen) atoms. The molecule has 1 spiro atoms. The average molecular weight is 1900 g/mol. The number of rotatable bonds is 54. The van der Waals surface area contributed by atoms with Gasteiger partial charge in [-0.3, -0.25) is 57.4 Å². The van der Waals surface area contributed by atoms with Gasteiger partial charge >= 0.3 is 0 Å². The highest BCUT2D eigenvalue weighted by atomic mass is 32.2. The van der Waals surface area contributed by atoms with Crippen LogP contribution in [0.15, 0.2) is 96.3 Å². The largest absolute Gasteiger partial charge is 0.508 e. The number of nitrogens with one attached hydrogen (secondary N) is 8. The van der Waals surface area contributed by atoms with Crippen LogP contribution in [0.2, 0.25) is 0 Å². The molecule has 4 aromatic carbocycles. The molecule has 0 aromatic heterocycles. The monoisotopic (exact) mass is 1900 g/mol. The number of hydrogen-bond donors (Lipinski definition) is 11. The maximum absolute atomic E-state index is 15.4. The maximum Gasteiger partial charge on any atom is 0.266 e. The summed E-state index contributed by atoms with van der Waals surface area (Å²) in [5.74, 6) is 1.75. The number of aryl methyl sites for hydroxylation is 2. The molecule has 740 valence electrons. The number of amides is 10. The normalized spacial score (nSPS) is 21.7. The van der Waals surface area contributed by atoms with E-state index in [0.29, 0.717) is 108 Å². The van der Waals surface area contributed by atoms with E-state index >= 15 is 4.79 Å². The molecule has 2 unspecified atom stereocenters. The van der Waals surface area contributed by atoms with Crippen LogP contribution < -0.4 is 53.2 Å². The Labute approximate surface area is 793 Å². The molecule has 35 heteroatoms. The minimum absolute atomic E-state index is 0.00429. The number of phenols is 1. The summed E-state index contributed by atoms with van der Waals surface area (Å²) in [6.07, 6.45) is 11.9. The van der Waals surface area contributed by atoms with E-state index in [-0.39, 0.29) is 184 Å². The van der Waals surface area contributed by atoms with Crippen LogP contribution in [0.1, 0.15) is 209 Å². The zero-order valence-electron chi connectivity index (χ0n) is 79.3. The Morgan fingerprint density at radius 1 is 0.533 bits per heavy atom. The van der Waals surface area contributed by atoms with Crippen molar-refractivity contribution in [1.29, 1.82) is 0 Å². The topological polar surface area (TPSA) is 457 Å². The molecule has 10 atom stereocenters. The van der Waals surface area contributed by atoms with Crippen molar-refractivity contribution in [3.8, 4) is 17.6 Å². The lowest BCUT2D eigenvalue weighted by molar-refractivity contribution is -0.148. The van der Waals surface area contributed by atoms with Crippen LogP contribution in [-0.4, -0.2) is 256 Å². The first kappa shape index (κ1) is 105. The number of carbonyl (C=O) groups excluding carboxylic acids is 10. The summed E-state index contributed by atoms with van der Waals surface area (Å²) >= 11 is 0. The van der Waals surface area contributed by atoms with Gasteiger partial charge in [-0.2, -0.15) is 8.42 Å². The number of imide groups is 1. The van der Waals surface area contributed by atoms with Crippen molar-refractivity contribution in [1.82, 2.24) is 42.1 Å². The van der Waals surface area contributed by atoms with Gasteiger partial charge in [0, 0.05) is 80.3 Å². The van der Waals surface area contributed by atoms with Gasteiger partial charge in [0.05, 0.1) is 141 Å². The molecule has 10 amide bonds. The lowest BCUT2D eigenvalue weighted by Gasteiger charge is -2.55. The number of carbonyl (C=O) groups is 10. The summed E-state index contributed by atoms with van der Waals surface area (Å²) in [7, 11) is -4.15. The standard InChI is InChI=1S/C100H141N11O23S/c1-68(2)91(94(120)106-69(3)92(118)107-75-31-27-71-30-34-84-98(5,77(71)64-75)40-17-42-100(84)96(122)111(100)95(121)99(6)41-16-39-97(4)78-65-76(112)32-28-72(78)29-33-83(97)99)109-93(119)80(22-14-15-43-103-88(116)67-134-82-24-9-7-8-21-79(90(82)101)102-44-49-128-53-57-132-61-59-130-55-51-126-47-37-86(114)105-46-63-135(123,124)125)108-87(115)38-48-127-52-56-131-60-62-133-58-54-129-50-45-104-85(113)35-36-89(117)110-66-74-20-11-10-18-70(74)25-26-73-19-12-13-23-81(73)110/h10-13,18-20,23,27-28,31-32,64-65,68-69,80,82-84,91,102,112H,7-9,14-17,21-22,24,29-30,33-63,66-67,101H2,1-6H3,(H,103,116)(H,104,113)(H,105,114)(H,106,120)(H,107,118)(H,108,115)(H,109,119)(H,123,124,125)/t69-,80+,82?,83+,84?,91-,97+,98+,99-,100+,111?/m0/s1. The fourth-order valence-electron chi connectivity index (χ4n) is 20.2. The molecule has 0 radical (unpaired) electrons. The number of fused-ring (bicyclic) bond motifs is 9. The van der Waals surface area contributed by atoms with E-state index in [1.165, 1.54) is 5.56 Å². The zero-order valence-corrected chi connectivity index (χ0v) is 80.1. The van der Waals surface area contributed by atoms with Gasteiger partial charge in [0.25, 0.3) is 16.0 Å². The molecule has 11 rings (SSSR count). The number of unbranched alkanes of at least 4 members (excludes halogenated alkanes) is 1. The third kappa shape index (κ3) is 29.5. The molecule has 1 saturated heterocycles. The highest BCUT2D eigenvalue weighted by Gasteiger charge is 2.76. The third-order valence-electron chi connectivity index (χ3n) is 27.4. The number of benzene rings is 4. The number of nitrogens with zero attached hydrogens (tertiary/aromatic N) is 2. The van der Waals surface area contributed by atoms with E-state index in [1.54, 1.807) is 36.6 Å². The molecular formula is C100H141N11O23S. The summed E-state index contributed by atoms with van der Waals surface area (Å²) < 4.78 is 81.4. The first-order valence-corrected chi connectivity index (χ1v) is 49.8. The predicted molar refractivity (Wildman–Crippen MR) is 505 cm³/mol. The minimum atomic E-state index is -4.15. The first-order chi connectivity index (χ1) is 64.9. The fourth-order valence-corrected chi connectivity index (χ4v) is 20.6. The van der Waals surface area contributed by atoms with E-state index in [9.17, 15) is 56.7 Å². The molecule has 12 N–H and O–H groups in total. The quantitative estimate of drug-likeness (QED) is 0.00672. The minimum Gasteiger partial charge on any atom is -0.508 e. The van der Waals surface area contributed by atoms with E-state index in [1.807, 2.05) is 78.9 Å². The molecule has 2 saturated carbocycles. The molecule has 2 heterocycles. The van der Waals surface area contributed by atoms with Crippen LogP contribution in [-0.2, 0) is 131 Å². The van der Waals surface area contributed by atoms with Crippen LogP contribution in [0.5, 0.6) is 5.75 Å². The number of ether oxygens (including phenoxy) is 9. The summed E-state index contributed by atoms with van der Waals surface area (Å²) in [5, 5.41) is 33.7. The molecular weight excluding hydrogens is 1760 g/mol. The van der Waals surface area contributed by atoms with Crippen LogP contribution in [0.3, 0.4) is 0 Å². The summed E-state index contributed by atoms with van der Waals surface area (Å²) in [6.45, 7) is 16.5. The average Bonchev–Trinajstić information content (AvgIpc) is 1.50. The Morgan fingerprint density at radius 3 is 1.78 bits per heavy atom. The van der Waals surface area contributed by atoms with E-state index in [2.05, 4.69) is 75.1 Å². The summed E-state index contributed by atoms with van der Waals surface area (Å²) in [5.41, 5.74) is 13.7. The van der Waals surface area contributed by atoms with Crippen LogP contribution in [0, 0.1) is 35.0 Å². The van der Waals surface area contributed by atoms with Crippen molar-refractivity contribution in [3.05, 3.63) is 135 Å². The number of allylic oxidation sites excluding steroid dienone is 1. The number of para-hydroxylation sites is 1. The van der Waals surface area contributed by atoms with Crippen LogP contribution in [0.25, 0.3) is 0 Å². The lowest BCUT2D eigenvalue weighted by atomic mass is 9.49. The van der Waals surface area contributed by atoms with Gasteiger partial charge < -0.3 is 101 Å². The molecule has 2 aliphatic heterocycles. The Balaban J connectivity index is 0.605. The van der Waals surface area contributed by atoms with Crippen molar-refractivity contribution in [2.45, 2.75) is 230 Å². The molecule has 5 aliphatic carbocycles. The molecule has 3 fully saturated rings. The van der Waals surface area contributed by atoms with Crippen molar-refractivity contribution >= 4 is 80.6 Å². The zero-order chi connectivity index (χ0) is 96.6. The van der Waals surface area contributed by atoms with E-state index in [4.69, 9.17) is 52.9 Å². The lowest BCUT2D eigenvalue weighted by Crippen LogP contribution is -2.57. The molecule has 7 aliphatic rings. The van der Waals surface area contributed by atoms with Gasteiger partial charge in [-0.25, -0.2) is 0 Å². The smallest absolute Gasteiger partial charge is 0.266 e. The summed E-state index contributed by atoms with van der Waals surface area (Å²) in [4.78, 5) is 142. The number of aromatic hydroxyl groups is 1. The Morgan fingerprint density at radius 2 is 1.10 bits per heavy atom. The van der Waals surface area contributed by atoms with E-state index < -0.39 is 91.9 Å². The van der Waals surface area contributed by atoms with Crippen LogP contribution in [0.4, 0.5) is 11.4 Å². The predicted octanol–water partition coefficient (Wildman–Crippen LogP) is 7.44. The Hall–Kier alpha value is -9.97. The molecule has 4 aromatic rings. The molecule has 34 nitrogen and oxygen atoms in total. The number of anilines is 2. The van der Waals surface area contributed by atoms with Crippen molar-refractivity contribution in [2.75, 3.05) is 154 Å². The summed E-state index contributed by atoms with van der Waals surface area (Å²) in [6, 6.07) is 23.3. The van der Waals surface area contributed by atoms with Gasteiger partial charge in [0.1, 0.15) is 36.0 Å². The second-order valence-electron chi connectivity index (χ2n) is 37.2. The van der Waals surface area contributed by atoms with Crippen molar-refractivity contribution in [2.24, 2.45) is 28.9 Å². The highest BCUT2D eigenvalue weighted by molar-refractivity contribution is 7.85. The third-order valence-corrected chi connectivity index (χ3v) is 28.1. The van der Waals surface area contributed by atoms with Gasteiger partial charge in [-0.15, -0.1) is 0 Å². The van der Waals surface area contributed by atoms with Crippen molar-refractivity contribution in [3.63, 3.8) is 0 Å². The second-order valence-corrected chi connectivity index (χ2v) is 38.8. The SMILES string of the molecule is CC(C)[C@H](NC(=O)[C@@H](CCCCNC(=O)COC1CCCCCC(NCCOCCOCCOCCOCCC(=O)NCCS(=O)(=O)O)=C1N)NC(=O)CCOCCOCCOCCOCCNC(=O)CCC(=O)N1Cc2ccccc2C#Cc2ccccc21)C(=O)N[C@@H](C)C(=O)Nc1ccc2c(c1)[C@@]1(C)CCC[C@]3(C(=O)N3C(=O)[C@@]3(C)CCC[C@]4(C)c5cc(O)ccc5CC[C@@H]34)C1CC2. The fraction of sp³-hybridized carbons (Fsp3) is 0.620. The van der Waals surface area contributed by atoms with Crippen LogP contribution >= 0.6 is 0 Å². The maximum atomic E-state index is 15.4. The highest BCUT2D eigenvalue weighted by Crippen LogP contribution is 2.65. The number of phenolic OH excluding ortho intramolecular Hbond substituents is 1. The van der Waals surface area contributed by atoms with Gasteiger partial charge in [0.15, 0.2) is 0 Å². The van der Waals surface area contributed by atoms with Gasteiger partial charge in [0.2, 0.25) is 53.2 Å². The Kier molecular flexibility index (Phi) is 40.2.